The van der Waals surface area contributed by atoms with Crippen LogP contribution >= 0.6 is 0 Å². The Hall–Kier alpha value is -1.58. The molecule has 0 radical (unpaired) electrons. The van der Waals surface area contributed by atoms with Gasteiger partial charge >= 0.3 is 11.9 Å². The number of ether oxygens (including phenoxy) is 1. The van der Waals surface area contributed by atoms with Crippen LogP contribution in [0.25, 0.3) is 0 Å². The third-order valence-electron chi connectivity index (χ3n) is 2.14. The summed E-state index contributed by atoms with van der Waals surface area (Å²) in [6, 6.07) is 1.69. The molecule has 0 spiro atoms. The minimum atomic E-state index is -0.477. The fourth-order valence-corrected chi connectivity index (χ4v) is 1.47. The summed E-state index contributed by atoms with van der Waals surface area (Å²) in [6.07, 6.45) is 1.62. The van der Waals surface area contributed by atoms with Crippen LogP contribution in [0.3, 0.4) is 0 Å². The van der Waals surface area contributed by atoms with Crippen molar-refractivity contribution >= 4 is 11.9 Å². The van der Waals surface area contributed by atoms with Crippen molar-refractivity contribution in [2.24, 2.45) is 0 Å². The molecule has 0 aliphatic carbocycles. The van der Waals surface area contributed by atoms with E-state index in [0.29, 0.717) is 5.76 Å². The molecule has 2 heterocycles. The molecule has 0 N–H and O–H groups in total. The van der Waals surface area contributed by atoms with Crippen molar-refractivity contribution in [3.05, 3.63) is 23.7 Å². The summed E-state index contributed by atoms with van der Waals surface area (Å²) in [5.41, 5.74) is 0.746. The molecule has 1 aliphatic heterocycles. The van der Waals surface area contributed by atoms with Crippen molar-refractivity contribution in [3.8, 4) is 0 Å². The van der Waals surface area contributed by atoms with Gasteiger partial charge in [-0.15, -0.1) is 0 Å². The zero-order valence-corrected chi connectivity index (χ0v) is 7.07. The first-order chi connectivity index (χ1) is 6.18. The first-order valence-electron chi connectivity index (χ1n) is 3.97. The first-order valence-corrected chi connectivity index (χ1v) is 3.97. The first kappa shape index (κ1) is 8.04. The molecule has 68 valence electrons. The van der Waals surface area contributed by atoms with E-state index in [4.69, 9.17) is 4.42 Å². The van der Waals surface area contributed by atoms with Crippen molar-refractivity contribution in [2.45, 2.75) is 19.3 Å². The lowest BCUT2D eigenvalue weighted by Gasteiger charge is -2.00. The van der Waals surface area contributed by atoms with Crippen molar-refractivity contribution in [1.82, 2.24) is 0 Å². The van der Waals surface area contributed by atoms with E-state index in [0.717, 1.165) is 5.56 Å². The molecule has 1 aromatic rings. The summed E-state index contributed by atoms with van der Waals surface area (Å²) < 4.78 is 9.47. The topological polar surface area (TPSA) is 56.5 Å². The predicted octanol–water partition coefficient (Wildman–Crippen LogP) is 1.15. The van der Waals surface area contributed by atoms with Crippen LogP contribution < -0.4 is 0 Å². The Kier molecular flexibility index (Phi) is 1.69. The molecule has 1 unspecified atom stereocenters. The van der Waals surface area contributed by atoms with Gasteiger partial charge in [0.15, 0.2) is 0 Å². The number of hydrogen-bond acceptors (Lipinski definition) is 4. The van der Waals surface area contributed by atoms with Gasteiger partial charge in [0.25, 0.3) is 0 Å². The van der Waals surface area contributed by atoms with E-state index in [2.05, 4.69) is 4.74 Å². The molecule has 0 bridgehead atoms. The number of furan rings is 1. The molecule has 0 aromatic carbocycles. The lowest BCUT2D eigenvalue weighted by atomic mass is 9.99. The summed E-state index contributed by atoms with van der Waals surface area (Å²) in [5, 5.41) is 0. The van der Waals surface area contributed by atoms with Crippen molar-refractivity contribution in [1.29, 1.82) is 0 Å². The highest BCUT2D eigenvalue weighted by atomic mass is 16.6. The minimum absolute atomic E-state index is 0.124. The zero-order valence-electron chi connectivity index (χ0n) is 7.07. The molecule has 4 nitrogen and oxygen atoms in total. The molecule has 1 fully saturated rings. The van der Waals surface area contributed by atoms with Crippen LogP contribution in [0.15, 0.2) is 16.7 Å². The Morgan fingerprint density at radius 2 is 2.23 bits per heavy atom. The van der Waals surface area contributed by atoms with E-state index in [-0.39, 0.29) is 6.42 Å². The third-order valence-corrected chi connectivity index (χ3v) is 2.14. The van der Waals surface area contributed by atoms with E-state index < -0.39 is 17.9 Å². The third kappa shape index (κ3) is 1.24. The number of aryl methyl sites for hydroxylation is 1. The van der Waals surface area contributed by atoms with E-state index in [1.54, 1.807) is 13.0 Å². The van der Waals surface area contributed by atoms with Gasteiger partial charge in [-0.05, 0) is 13.0 Å². The molecule has 1 saturated heterocycles. The Morgan fingerprint density at radius 1 is 1.46 bits per heavy atom. The SMILES string of the molecule is Cc1occc1C1CC(=O)OC1=O. The maximum atomic E-state index is 11.2. The molecule has 1 aliphatic rings. The normalized spacial score (nSPS) is 22.1. The Balaban J connectivity index is 2.32. The molecule has 0 saturated carbocycles. The number of carbonyl (C=O) groups is 2. The number of esters is 2. The van der Waals surface area contributed by atoms with E-state index in [1.165, 1.54) is 6.26 Å². The summed E-state index contributed by atoms with van der Waals surface area (Å²) >= 11 is 0. The van der Waals surface area contributed by atoms with Gasteiger partial charge in [0, 0.05) is 5.56 Å². The summed E-state index contributed by atoms with van der Waals surface area (Å²) in [6.45, 7) is 1.76. The van der Waals surface area contributed by atoms with Gasteiger partial charge < -0.3 is 9.15 Å². The fraction of sp³-hybridized carbons (Fsp3) is 0.333. The quantitative estimate of drug-likeness (QED) is 0.480. The smallest absolute Gasteiger partial charge is 0.321 e. The van der Waals surface area contributed by atoms with Crippen LogP contribution in [0.2, 0.25) is 0 Å². The molecule has 1 aromatic heterocycles. The molecule has 0 amide bonds. The van der Waals surface area contributed by atoms with Gasteiger partial charge in [-0.2, -0.15) is 0 Å². The Labute approximate surface area is 74.5 Å². The highest BCUT2D eigenvalue weighted by Gasteiger charge is 2.36. The van der Waals surface area contributed by atoms with Crippen LogP contribution in [0, 0.1) is 6.92 Å². The van der Waals surface area contributed by atoms with Gasteiger partial charge in [-0.1, -0.05) is 0 Å². The van der Waals surface area contributed by atoms with Crippen molar-refractivity contribution < 1.29 is 18.7 Å². The van der Waals surface area contributed by atoms with Crippen LogP contribution in [-0.4, -0.2) is 11.9 Å². The summed E-state index contributed by atoms with van der Waals surface area (Å²) in [5.74, 6) is -0.743. The maximum Gasteiger partial charge on any atom is 0.321 e. The number of carbonyl (C=O) groups excluding carboxylic acids is 2. The number of cyclic esters (lactones) is 2. The van der Waals surface area contributed by atoms with E-state index in [9.17, 15) is 9.59 Å². The maximum absolute atomic E-state index is 11.2. The van der Waals surface area contributed by atoms with Crippen molar-refractivity contribution in [2.75, 3.05) is 0 Å². The van der Waals surface area contributed by atoms with Crippen LogP contribution in [0.4, 0.5) is 0 Å². The van der Waals surface area contributed by atoms with Crippen LogP contribution in [0.1, 0.15) is 23.7 Å². The average molecular weight is 180 g/mol. The van der Waals surface area contributed by atoms with Crippen LogP contribution in [0.5, 0.6) is 0 Å². The fourth-order valence-electron chi connectivity index (χ4n) is 1.47. The Morgan fingerprint density at radius 3 is 2.69 bits per heavy atom. The van der Waals surface area contributed by atoms with E-state index >= 15 is 0 Å². The largest absolute Gasteiger partial charge is 0.469 e. The number of hydrogen-bond donors (Lipinski definition) is 0. The lowest BCUT2D eigenvalue weighted by molar-refractivity contribution is -0.152. The molecular weight excluding hydrogens is 172 g/mol. The summed E-state index contributed by atoms with van der Waals surface area (Å²) in [4.78, 5) is 21.9. The van der Waals surface area contributed by atoms with Gasteiger partial charge in [-0.25, -0.2) is 0 Å². The van der Waals surface area contributed by atoms with Crippen LogP contribution in [-0.2, 0) is 14.3 Å². The van der Waals surface area contributed by atoms with Crippen molar-refractivity contribution in [3.63, 3.8) is 0 Å². The monoisotopic (exact) mass is 180 g/mol. The standard InChI is InChI=1S/C9H8O4/c1-5-6(2-3-12-5)7-4-8(10)13-9(7)11/h2-3,7H,4H2,1H3. The lowest BCUT2D eigenvalue weighted by Crippen LogP contribution is -2.05. The van der Waals surface area contributed by atoms with Gasteiger partial charge in [0.05, 0.1) is 18.6 Å². The molecule has 2 rings (SSSR count). The highest BCUT2D eigenvalue weighted by molar-refractivity contribution is 5.97. The summed E-state index contributed by atoms with van der Waals surface area (Å²) in [7, 11) is 0. The second kappa shape index (κ2) is 2.73. The van der Waals surface area contributed by atoms with Gasteiger partial charge in [-0.3, -0.25) is 9.59 Å². The number of rotatable bonds is 1. The second-order valence-corrected chi connectivity index (χ2v) is 2.98. The average Bonchev–Trinajstić information content (AvgIpc) is 2.58. The van der Waals surface area contributed by atoms with Gasteiger partial charge in [0.2, 0.25) is 0 Å². The molecule has 4 heteroatoms. The molecular formula is C9H8O4. The molecule has 13 heavy (non-hydrogen) atoms. The predicted molar refractivity (Wildman–Crippen MR) is 41.9 cm³/mol. The minimum Gasteiger partial charge on any atom is -0.469 e. The van der Waals surface area contributed by atoms with E-state index in [1.807, 2.05) is 0 Å². The van der Waals surface area contributed by atoms with Gasteiger partial charge in [0.1, 0.15) is 5.76 Å². The second-order valence-electron chi connectivity index (χ2n) is 2.98. The Bertz CT molecular complexity index is 363. The molecule has 1 atom stereocenters. The zero-order chi connectivity index (χ0) is 9.42. The highest BCUT2D eigenvalue weighted by Crippen LogP contribution is 2.29.